The van der Waals surface area contributed by atoms with E-state index in [1.807, 2.05) is 0 Å². The molecule has 0 bridgehead atoms. The van der Waals surface area contributed by atoms with E-state index in [0.717, 1.165) is 50.0 Å². The molecule has 0 aliphatic carbocycles. The van der Waals surface area contributed by atoms with Crippen LogP contribution in [0.25, 0.3) is 0 Å². The van der Waals surface area contributed by atoms with E-state index in [4.69, 9.17) is 4.74 Å². The van der Waals surface area contributed by atoms with Crippen LogP contribution < -0.4 is 10.2 Å². The average Bonchev–Trinajstić information content (AvgIpc) is 2.79. The molecule has 0 saturated carbocycles. The fourth-order valence-corrected chi connectivity index (χ4v) is 2.42. The third-order valence-corrected chi connectivity index (χ3v) is 3.44. The van der Waals surface area contributed by atoms with E-state index in [1.54, 1.807) is 18.4 Å². The molecule has 4 nitrogen and oxygen atoms in total. The van der Waals surface area contributed by atoms with Crippen molar-refractivity contribution in [1.82, 2.24) is 10.3 Å². The number of thiazole rings is 1. The number of likely N-dealkylation sites (N-methyl/N-ethyl adjacent to an activating group) is 1. The lowest BCUT2D eigenvalue weighted by Gasteiger charge is -2.18. The number of rotatable bonds is 9. The molecule has 5 heteroatoms. The molecular weight excluding hydrogens is 234 g/mol. The topological polar surface area (TPSA) is 37.4 Å². The first-order valence-corrected chi connectivity index (χ1v) is 7.08. The molecule has 98 valence electrons. The fraction of sp³-hybridized carbons (Fsp3) is 0.750. The van der Waals surface area contributed by atoms with Gasteiger partial charge < -0.3 is 15.0 Å². The number of ether oxygens (including phenoxy) is 1. The lowest BCUT2D eigenvalue weighted by atomic mass is 10.4. The van der Waals surface area contributed by atoms with Crippen molar-refractivity contribution < 1.29 is 4.74 Å². The zero-order valence-corrected chi connectivity index (χ0v) is 11.8. The van der Waals surface area contributed by atoms with E-state index >= 15 is 0 Å². The zero-order valence-electron chi connectivity index (χ0n) is 11.0. The Labute approximate surface area is 108 Å². The molecule has 0 unspecified atom stereocenters. The van der Waals surface area contributed by atoms with E-state index in [1.165, 1.54) is 0 Å². The Morgan fingerprint density at radius 2 is 2.29 bits per heavy atom. The highest BCUT2D eigenvalue weighted by molar-refractivity contribution is 7.13. The normalized spacial score (nSPS) is 10.8. The third-order valence-electron chi connectivity index (χ3n) is 2.49. The van der Waals surface area contributed by atoms with Crippen LogP contribution in [-0.2, 0) is 11.3 Å². The SMILES string of the molecule is CCCNCc1csc(N(CC)CCOC)n1. The standard InChI is InChI=1S/C12H23N3OS/c1-4-6-13-9-11-10-17-12(14-11)15(5-2)7-8-16-3/h10,13H,4-9H2,1-3H3. The van der Waals surface area contributed by atoms with Gasteiger partial charge in [-0.15, -0.1) is 11.3 Å². The second-order valence-electron chi connectivity index (χ2n) is 3.87. The van der Waals surface area contributed by atoms with Gasteiger partial charge in [0.25, 0.3) is 0 Å². The van der Waals surface area contributed by atoms with Crippen molar-refractivity contribution in [3.8, 4) is 0 Å². The third kappa shape index (κ3) is 5.02. The summed E-state index contributed by atoms with van der Waals surface area (Å²) in [5.41, 5.74) is 1.13. The summed E-state index contributed by atoms with van der Waals surface area (Å²) in [6.07, 6.45) is 1.16. The molecule has 0 aliphatic heterocycles. The second-order valence-corrected chi connectivity index (χ2v) is 4.71. The lowest BCUT2D eigenvalue weighted by molar-refractivity contribution is 0.205. The number of nitrogens with zero attached hydrogens (tertiary/aromatic N) is 2. The summed E-state index contributed by atoms with van der Waals surface area (Å²) >= 11 is 1.71. The van der Waals surface area contributed by atoms with Crippen LogP contribution in [0.3, 0.4) is 0 Å². The molecule has 0 atom stereocenters. The predicted molar refractivity (Wildman–Crippen MR) is 73.9 cm³/mol. The first kappa shape index (κ1) is 14.4. The van der Waals surface area contributed by atoms with Crippen molar-refractivity contribution in [2.75, 3.05) is 38.3 Å². The molecule has 0 saturated heterocycles. The molecular formula is C12H23N3OS. The smallest absolute Gasteiger partial charge is 0.185 e. The van der Waals surface area contributed by atoms with E-state index in [0.29, 0.717) is 0 Å². The predicted octanol–water partition coefficient (Wildman–Crippen LogP) is 2.12. The van der Waals surface area contributed by atoms with Crippen LogP contribution in [0, 0.1) is 0 Å². The lowest BCUT2D eigenvalue weighted by Crippen LogP contribution is -2.26. The summed E-state index contributed by atoms with van der Waals surface area (Å²) in [5, 5.41) is 6.59. The molecule has 0 aliphatic rings. The second kappa shape index (κ2) is 8.44. The molecule has 1 N–H and O–H groups in total. The molecule has 0 radical (unpaired) electrons. The Hall–Kier alpha value is -0.650. The van der Waals surface area contributed by atoms with Crippen molar-refractivity contribution in [2.24, 2.45) is 0 Å². The van der Waals surface area contributed by atoms with Gasteiger partial charge >= 0.3 is 0 Å². The van der Waals surface area contributed by atoms with Crippen LogP contribution in [0.2, 0.25) is 0 Å². The summed E-state index contributed by atoms with van der Waals surface area (Å²) < 4.78 is 5.10. The van der Waals surface area contributed by atoms with Crippen molar-refractivity contribution >= 4 is 16.5 Å². The maximum atomic E-state index is 5.10. The molecule has 1 aromatic heterocycles. The zero-order chi connectivity index (χ0) is 12.5. The highest BCUT2D eigenvalue weighted by atomic mass is 32.1. The van der Waals surface area contributed by atoms with Crippen LogP contribution in [0.4, 0.5) is 5.13 Å². The molecule has 0 amide bonds. The van der Waals surface area contributed by atoms with Crippen LogP contribution in [-0.4, -0.2) is 38.3 Å². The maximum absolute atomic E-state index is 5.10. The quantitative estimate of drug-likeness (QED) is 0.688. The van der Waals surface area contributed by atoms with Gasteiger partial charge in [-0.2, -0.15) is 0 Å². The largest absolute Gasteiger partial charge is 0.383 e. The van der Waals surface area contributed by atoms with Crippen LogP contribution in [0.1, 0.15) is 26.0 Å². The molecule has 0 aromatic carbocycles. The Bertz CT molecular complexity index is 304. The van der Waals surface area contributed by atoms with Gasteiger partial charge in [0.15, 0.2) is 5.13 Å². The van der Waals surface area contributed by atoms with Gasteiger partial charge in [-0.05, 0) is 19.9 Å². The van der Waals surface area contributed by atoms with Crippen molar-refractivity contribution in [3.05, 3.63) is 11.1 Å². The minimum atomic E-state index is 0.747. The van der Waals surface area contributed by atoms with Crippen molar-refractivity contribution in [1.29, 1.82) is 0 Å². The average molecular weight is 257 g/mol. The molecule has 1 rings (SSSR count). The van der Waals surface area contributed by atoms with Gasteiger partial charge in [0.1, 0.15) is 0 Å². The van der Waals surface area contributed by atoms with Crippen LogP contribution in [0.5, 0.6) is 0 Å². The van der Waals surface area contributed by atoms with Gasteiger partial charge in [0, 0.05) is 32.1 Å². The molecule has 1 aromatic rings. The van der Waals surface area contributed by atoms with Crippen LogP contribution in [0.15, 0.2) is 5.38 Å². The van der Waals surface area contributed by atoms with Gasteiger partial charge in [-0.1, -0.05) is 6.92 Å². The minimum Gasteiger partial charge on any atom is -0.383 e. The Morgan fingerprint density at radius 1 is 1.47 bits per heavy atom. The van der Waals surface area contributed by atoms with Crippen molar-refractivity contribution in [2.45, 2.75) is 26.8 Å². The van der Waals surface area contributed by atoms with E-state index < -0.39 is 0 Å². The Kier molecular flexibility index (Phi) is 7.16. The number of nitrogens with one attached hydrogen (secondary N) is 1. The van der Waals surface area contributed by atoms with Gasteiger partial charge in [0.05, 0.1) is 12.3 Å². The summed E-state index contributed by atoms with van der Waals surface area (Å²) in [4.78, 5) is 6.88. The maximum Gasteiger partial charge on any atom is 0.185 e. The van der Waals surface area contributed by atoms with Gasteiger partial charge in [-0.3, -0.25) is 0 Å². The monoisotopic (exact) mass is 257 g/mol. The fourth-order valence-electron chi connectivity index (χ4n) is 1.51. The summed E-state index contributed by atoms with van der Waals surface area (Å²) in [6, 6.07) is 0. The molecule has 0 spiro atoms. The van der Waals surface area contributed by atoms with Gasteiger partial charge in [-0.25, -0.2) is 4.98 Å². The van der Waals surface area contributed by atoms with E-state index in [9.17, 15) is 0 Å². The molecule has 1 heterocycles. The number of hydrogen-bond acceptors (Lipinski definition) is 5. The number of anilines is 1. The Morgan fingerprint density at radius 3 is 2.94 bits per heavy atom. The number of hydrogen-bond donors (Lipinski definition) is 1. The molecule has 17 heavy (non-hydrogen) atoms. The first-order chi connectivity index (χ1) is 8.31. The Balaban J connectivity index is 2.46. The summed E-state index contributed by atoms with van der Waals surface area (Å²) in [5.74, 6) is 0. The molecule has 0 fully saturated rings. The summed E-state index contributed by atoms with van der Waals surface area (Å²) in [6.45, 7) is 8.85. The highest BCUT2D eigenvalue weighted by Gasteiger charge is 2.08. The number of methoxy groups -OCH3 is 1. The van der Waals surface area contributed by atoms with Crippen molar-refractivity contribution in [3.63, 3.8) is 0 Å². The van der Waals surface area contributed by atoms with E-state index in [2.05, 4.69) is 34.4 Å². The number of aromatic nitrogens is 1. The summed E-state index contributed by atoms with van der Waals surface area (Å²) in [7, 11) is 1.73. The van der Waals surface area contributed by atoms with Gasteiger partial charge in [0.2, 0.25) is 0 Å². The van der Waals surface area contributed by atoms with E-state index in [-0.39, 0.29) is 0 Å². The first-order valence-electron chi connectivity index (χ1n) is 6.20. The highest BCUT2D eigenvalue weighted by Crippen LogP contribution is 2.20. The van der Waals surface area contributed by atoms with Crippen LogP contribution >= 0.6 is 11.3 Å². The minimum absolute atomic E-state index is 0.747.